The van der Waals surface area contributed by atoms with E-state index in [-0.39, 0.29) is 34.4 Å². The molecule has 0 aliphatic heterocycles. The van der Waals surface area contributed by atoms with Crippen molar-refractivity contribution in [3.8, 4) is 11.5 Å². The van der Waals surface area contributed by atoms with Gasteiger partial charge in [-0.2, -0.15) is 5.09 Å². The lowest BCUT2D eigenvalue weighted by Gasteiger charge is -2.23. The minimum absolute atomic E-state index is 0.0437. The first-order valence-corrected chi connectivity index (χ1v) is 11.3. The fraction of sp³-hybridized carbons (Fsp3) is 0.350. The van der Waals surface area contributed by atoms with E-state index in [1.807, 2.05) is 0 Å². The monoisotopic (exact) mass is 470 g/mol. The summed E-state index contributed by atoms with van der Waals surface area (Å²) in [5.41, 5.74) is 0.407. The number of nitrogens with one attached hydrogen (secondary N) is 1. The topological polar surface area (TPSA) is 124 Å². The molecule has 1 heterocycles. The van der Waals surface area contributed by atoms with E-state index in [1.165, 1.54) is 44.3 Å². The number of aldehydes is 1. The van der Waals surface area contributed by atoms with Gasteiger partial charge in [-0.25, -0.2) is 4.57 Å². The van der Waals surface area contributed by atoms with Crippen molar-refractivity contribution < 1.29 is 33.0 Å². The van der Waals surface area contributed by atoms with Gasteiger partial charge in [0.1, 0.15) is 17.5 Å². The number of esters is 1. The summed E-state index contributed by atoms with van der Waals surface area (Å²) >= 11 is 5.86. The molecule has 168 valence electrons. The van der Waals surface area contributed by atoms with E-state index >= 15 is 0 Å². The number of rotatable bonds is 10. The fourth-order valence-electron chi connectivity index (χ4n) is 2.40. The Kier molecular flexibility index (Phi) is 8.59. The summed E-state index contributed by atoms with van der Waals surface area (Å²) in [6.45, 7) is 5.96. The number of aryl methyl sites for hydroxylation is 1. The molecule has 1 unspecified atom stereocenters. The van der Waals surface area contributed by atoms with Crippen molar-refractivity contribution in [2.45, 2.75) is 46.4 Å². The summed E-state index contributed by atoms with van der Waals surface area (Å²) in [5, 5.41) is 13.0. The molecule has 0 aliphatic rings. The van der Waals surface area contributed by atoms with Gasteiger partial charge >= 0.3 is 13.7 Å². The largest absolute Gasteiger partial charge is 0.505 e. The Balaban J connectivity index is 2.27. The number of hydrogen-bond acceptors (Lipinski definition) is 8. The standard InChI is InChI=1S/C20H24ClN2O7P/c1-12(2)29-20(26)14(4)23-31(27,30-17-7-5-16(21)6-8-17)28-11-15-9-22-13(3)19(25)18(15)10-24/h5-10,12,14,25H,11H2,1-4H3,(H,23,27)/t14-,31?/m0/s1. The highest BCUT2D eigenvalue weighted by atomic mass is 35.5. The SMILES string of the molecule is Cc1ncc(COP(=O)(N[C@@H](C)C(=O)OC(C)C)Oc2ccc(Cl)cc2)c(C=O)c1O. The zero-order chi connectivity index (χ0) is 23.2. The minimum atomic E-state index is -4.15. The third-order valence-electron chi connectivity index (χ3n) is 3.96. The van der Waals surface area contributed by atoms with E-state index in [2.05, 4.69) is 10.1 Å². The lowest BCUT2D eigenvalue weighted by Crippen LogP contribution is -2.36. The highest BCUT2D eigenvalue weighted by Crippen LogP contribution is 2.46. The quantitative estimate of drug-likeness (QED) is 0.298. The third-order valence-corrected chi connectivity index (χ3v) is 5.84. The van der Waals surface area contributed by atoms with E-state index in [4.69, 9.17) is 25.4 Å². The molecule has 0 bridgehead atoms. The maximum Gasteiger partial charge on any atom is 0.459 e. The van der Waals surface area contributed by atoms with Crippen LogP contribution in [0.5, 0.6) is 11.5 Å². The summed E-state index contributed by atoms with van der Waals surface area (Å²) in [6.07, 6.45) is 1.40. The van der Waals surface area contributed by atoms with Gasteiger partial charge in [-0.05, 0) is 52.0 Å². The predicted octanol–water partition coefficient (Wildman–Crippen LogP) is 4.19. The highest BCUT2D eigenvalue weighted by Gasteiger charge is 2.33. The molecule has 0 fully saturated rings. The Morgan fingerprint density at radius 1 is 1.29 bits per heavy atom. The number of aromatic nitrogens is 1. The first-order valence-electron chi connectivity index (χ1n) is 9.35. The van der Waals surface area contributed by atoms with Crippen LogP contribution in [0.4, 0.5) is 0 Å². The van der Waals surface area contributed by atoms with Crippen molar-refractivity contribution in [3.63, 3.8) is 0 Å². The Morgan fingerprint density at radius 3 is 2.52 bits per heavy atom. The smallest absolute Gasteiger partial charge is 0.459 e. The molecule has 2 N–H and O–H groups in total. The number of carbonyl (C=O) groups excluding carboxylic acids is 2. The molecular formula is C20H24ClN2O7P. The van der Waals surface area contributed by atoms with Crippen molar-refractivity contribution in [3.05, 3.63) is 52.3 Å². The predicted molar refractivity (Wildman–Crippen MR) is 114 cm³/mol. The zero-order valence-electron chi connectivity index (χ0n) is 17.5. The first kappa shape index (κ1) is 24.8. The third kappa shape index (κ3) is 7.04. The number of carbonyl (C=O) groups is 2. The van der Waals surface area contributed by atoms with Crippen LogP contribution in [0, 0.1) is 6.92 Å². The van der Waals surface area contributed by atoms with Crippen LogP contribution >= 0.6 is 19.3 Å². The Morgan fingerprint density at radius 2 is 1.94 bits per heavy atom. The molecule has 0 saturated heterocycles. The maximum absolute atomic E-state index is 13.4. The van der Waals surface area contributed by atoms with E-state index in [0.29, 0.717) is 11.3 Å². The van der Waals surface area contributed by atoms with Crippen molar-refractivity contribution in [2.75, 3.05) is 0 Å². The minimum Gasteiger partial charge on any atom is -0.505 e. The molecule has 31 heavy (non-hydrogen) atoms. The second-order valence-corrected chi connectivity index (χ2v) is 9.03. The molecule has 2 atom stereocenters. The molecule has 2 aromatic rings. The van der Waals surface area contributed by atoms with Gasteiger partial charge in [0.2, 0.25) is 0 Å². The van der Waals surface area contributed by atoms with Gasteiger partial charge in [-0.1, -0.05) is 11.6 Å². The van der Waals surface area contributed by atoms with Crippen LogP contribution in [0.1, 0.15) is 42.4 Å². The molecule has 0 saturated carbocycles. The molecule has 0 radical (unpaired) electrons. The molecular weight excluding hydrogens is 447 g/mol. The molecule has 11 heteroatoms. The summed E-state index contributed by atoms with van der Waals surface area (Å²) in [6, 6.07) is 4.99. The lowest BCUT2D eigenvalue weighted by atomic mass is 10.1. The number of aromatic hydroxyl groups is 1. The average molecular weight is 471 g/mol. The van der Waals surface area contributed by atoms with E-state index in [0.717, 1.165) is 0 Å². The van der Waals surface area contributed by atoms with Crippen LogP contribution < -0.4 is 9.61 Å². The number of ether oxygens (including phenoxy) is 1. The molecule has 1 aromatic heterocycles. The van der Waals surface area contributed by atoms with Gasteiger partial charge in [-0.15, -0.1) is 0 Å². The van der Waals surface area contributed by atoms with Crippen LogP contribution in [-0.4, -0.2) is 34.5 Å². The second kappa shape index (κ2) is 10.7. The summed E-state index contributed by atoms with van der Waals surface area (Å²) in [7, 11) is -4.15. The van der Waals surface area contributed by atoms with Crippen molar-refractivity contribution in [1.82, 2.24) is 10.1 Å². The molecule has 0 amide bonds. The molecule has 0 aliphatic carbocycles. The van der Waals surface area contributed by atoms with Crippen LogP contribution in [0.25, 0.3) is 0 Å². The number of pyridine rings is 1. The summed E-state index contributed by atoms with van der Waals surface area (Å²) < 4.78 is 29.5. The molecule has 0 spiro atoms. The number of halogens is 1. The Bertz CT molecular complexity index is 982. The van der Waals surface area contributed by atoms with Crippen LogP contribution in [-0.2, 0) is 25.2 Å². The van der Waals surface area contributed by atoms with Gasteiger partial charge < -0.3 is 14.4 Å². The summed E-state index contributed by atoms with van der Waals surface area (Å²) in [4.78, 5) is 27.5. The first-order chi connectivity index (χ1) is 14.5. The highest BCUT2D eigenvalue weighted by molar-refractivity contribution is 7.52. The molecule has 9 nitrogen and oxygen atoms in total. The van der Waals surface area contributed by atoms with E-state index < -0.39 is 26.4 Å². The van der Waals surface area contributed by atoms with Crippen molar-refractivity contribution in [2.24, 2.45) is 0 Å². The van der Waals surface area contributed by atoms with Crippen LogP contribution in [0.3, 0.4) is 0 Å². The van der Waals surface area contributed by atoms with Crippen LogP contribution in [0.2, 0.25) is 5.02 Å². The van der Waals surface area contributed by atoms with Crippen molar-refractivity contribution in [1.29, 1.82) is 0 Å². The molecule has 1 aromatic carbocycles. The Hall–Kier alpha value is -2.45. The summed E-state index contributed by atoms with van der Waals surface area (Å²) in [5.74, 6) is -0.779. The number of benzene rings is 1. The Labute approximate surface area is 185 Å². The fourth-order valence-corrected chi connectivity index (χ4v) is 4.00. The maximum atomic E-state index is 13.4. The number of nitrogens with zero attached hydrogens (tertiary/aromatic N) is 1. The normalized spacial score (nSPS) is 14.0. The van der Waals surface area contributed by atoms with E-state index in [1.54, 1.807) is 13.8 Å². The van der Waals surface area contributed by atoms with Crippen molar-refractivity contribution >= 4 is 31.6 Å². The van der Waals surface area contributed by atoms with Gasteiger partial charge in [-0.3, -0.25) is 19.1 Å². The number of hydrogen-bond donors (Lipinski definition) is 2. The van der Waals surface area contributed by atoms with Gasteiger partial charge in [0.25, 0.3) is 0 Å². The van der Waals surface area contributed by atoms with Gasteiger partial charge in [0.15, 0.2) is 6.29 Å². The van der Waals surface area contributed by atoms with E-state index in [9.17, 15) is 19.3 Å². The lowest BCUT2D eigenvalue weighted by molar-refractivity contribution is -0.149. The van der Waals surface area contributed by atoms with Crippen LogP contribution in [0.15, 0.2) is 30.5 Å². The zero-order valence-corrected chi connectivity index (χ0v) is 19.1. The van der Waals surface area contributed by atoms with Gasteiger partial charge in [0, 0.05) is 16.8 Å². The van der Waals surface area contributed by atoms with Gasteiger partial charge in [0.05, 0.1) is 24.0 Å². The second-order valence-electron chi connectivity index (χ2n) is 6.90. The average Bonchev–Trinajstić information content (AvgIpc) is 2.70. The molecule has 2 rings (SSSR count).